The Labute approximate surface area is 106 Å². The Bertz CT molecular complexity index is 490. The van der Waals surface area contributed by atoms with Crippen LogP contribution in [0.15, 0.2) is 48.6 Å². The summed E-state index contributed by atoms with van der Waals surface area (Å²) < 4.78 is 0. The largest absolute Gasteiger partial charge is 0.366 e. The van der Waals surface area contributed by atoms with Gasteiger partial charge in [0.25, 0.3) is 5.91 Å². The molecule has 4 nitrogen and oxygen atoms in total. The summed E-state index contributed by atoms with van der Waals surface area (Å²) in [4.78, 5) is 23.0. The summed E-state index contributed by atoms with van der Waals surface area (Å²) in [6.07, 6.45) is 7.40. The van der Waals surface area contributed by atoms with Crippen molar-refractivity contribution in [3.05, 3.63) is 59.7 Å². The zero-order valence-electron chi connectivity index (χ0n) is 10.2. The predicted octanol–water partition coefficient (Wildman–Crippen LogP) is 1.65. The second-order valence-corrected chi connectivity index (χ2v) is 3.57. The standard InChI is InChI=1S/C14H16N2O2/c1-2-3-4-7-10-16-14(18)12-9-6-5-8-11(12)13(15)17/h2-9H,10H2,1H3,(H2,15,17)(H,16,18). The summed E-state index contributed by atoms with van der Waals surface area (Å²) in [5.41, 5.74) is 5.73. The van der Waals surface area contributed by atoms with Crippen molar-refractivity contribution in [1.29, 1.82) is 0 Å². The van der Waals surface area contributed by atoms with E-state index in [0.29, 0.717) is 12.1 Å². The molecule has 0 fully saturated rings. The molecule has 0 spiro atoms. The first-order valence-electron chi connectivity index (χ1n) is 5.61. The number of rotatable bonds is 5. The van der Waals surface area contributed by atoms with Crippen LogP contribution in [0, 0.1) is 0 Å². The van der Waals surface area contributed by atoms with Gasteiger partial charge in [-0.1, -0.05) is 36.4 Å². The van der Waals surface area contributed by atoms with Crippen LogP contribution >= 0.6 is 0 Å². The van der Waals surface area contributed by atoms with Gasteiger partial charge in [-0.15, -0.1) is 0 Å². The quantitative estimate of drug-likeness (QED) is 0.773. The summed E-state index contributed by atoms with van der Waals surface area (Å²) in [5.74, 6) is -0.917. The molecule has 4 heteroatoms. The fourth-order valence-corrected chi connectivity index (χ4v) is 1.40. The normalized spacial score (nSPS) is 10.9. The first kappa shape index (κ1) is 13.7. The number of benzene rings is 1. The zero-order valence-corrected chi connectivity index (χ0v) is 10.2. The van der Waals surface area contributed by atoms with Crippen LogP contribution in [-0.2, 0) is 0 Å². The molecule has 94 valence electrons. The molecule has 0 atom stereocenters. The van der Waals surface area contributed by atoms with Gasteiger partial charge in [0, 0.05) is 6.54 Å². The summed E-state index contributed by atoms with van der Waals surface area (Å²) in [7, 11) is 0. The molecule has 0 aliphatic rings. The number of hydrogen-bond donors (Lipinski definition) is 2. The Morgan fingerprint density at radius 3 is 2.50 bits per heavy atom. The Kier molecular flexibility index (Phi) is 5.38. The number of amides is 2. The molecule has 1 rings (SSSR count). The van der Waals surface area contributed by atoms with Gasteiger partial charge in [-0.3, -0.25) is 9.59 Å². The van der Waals surface area contributed by atoms with Gasteiger partial charge in [0.1, 0.15) is 0 Å². The molecule has 0 unspecified atom stereocenters. The molecule has 0 aliphatic carbocycles. The van der Waals surface area contributed by atoms with Crippen LogP contribution in [0.1, 0.15) is 27.6 Å². The second kappa shape index (κ2) is 7.06. The van der Waals surface area contributed by atoms with E-state index in [1.54, 1.807) is 18.2 Å². The van der Waals surface area contributed by atoms with Crippen LogP contribution in [0.4, 0.5) is 0 Å². The molecule has 0 aliphatic heterocycles. The summed E-state index contributed by atoms with van der Waals surface area (Å²) in [5, 5.41) is 2.69. The number of carbonyl (C=O) groups is 2. The van der Waals surface area contributed by atoms with Crippen molar-refractivity contribution >= 4 is 11.8 Å². The molecular weight excluding hydrogens is 228 g/mol. The van der Waals surface area contributed by atoms with Gasteiger partial charge in [0.2, 0.25) is 5.91 Å². The van der Waals surface area contributed by atoms with Gasteiger partial charge >= 0.3 is 0 Å². The molecule has 1 aromatic carbocycles. The molecule has 2 amide bonds. The third kappa shape index (κ3) is 3.90. The molecule has 0 saturated heterocycles. The predicted molar refractivity (Wildman–Crippen MR) is 71.2 cm³/mol. The molecule has 0 bridgehead atoms. The van der Waals surface area contributed by atoms with E-state index in [-0.39, 0.29) is 11.5 Å². The maximum atomic E-state index is 11.8. The first-order chi connectivity index (χ1) is 8.66. The van der Waals surface area contributed by atoms with Crippen LogP contribution < -0.4 is 11.1 Å². The van der Waals surface area contributed by atoms with Crippen molar-refractivity contribution in [3.8, 4) is 0 Å². The number of nitrogens with one attached hydrogen (secondary N) is 1. The number of carbonyl (C=O) groups excluding carboxylic acids is 2. The van der Waals surface area contributed by atoms with Crippen molar-refractivity contribution in [3.63, 3.8) is 0 Å². The minimum Gasteiger partial charge on any atom is -0.366 e. The lowest BCUT2D eigenvalue weighted by Crippen LogP contribution is -2.26. The average Bonchev–Trinajstić information content (AvgIpc) is 2.38. The molecule has 0 radical (unpaired) electrons. The van der Waals surface area contributed by atoms with E-state index in [2.05, 4.69) is 5.32 Å². The van der Waals surface area contributed by atoms with Gasteiger partial charge in [0.15, 0.2) is 0 Å². The molecular formula is C14H16N2O2. The highest BCUT2D eigenvalue weighted by Gasteiger charge is 2.13. The van der Waals surface area contributed by atoms with E-state index >= 15 is 0 Å². The number of nitrogens with two attached hydrogens (primary N) is 1. The topological polar surface area (TPSA) is 72.2 Å². The molecule has 1 aromatic rings. The van der Waals surface area contributed by atoms with E-state index in [0.717, 1.165) is 0 Å². The maximum Gasteiger partial charge on any atom is 0.252 e. The monoisotopic (exact) mass is 244 g/mol. The highest BCUT2D eigenvalue weighted by atomic mass is 16.2. The van der Waals surface area contributed by atoms with Crippen LogP contribution in [0.3, 0.4) is 0 Å². The fraction of sp³-hybridized carbons (Fsp3) is 0.143. The Balaban J connectivity index is 2.70. The fourth-order valence-electron chi connectivity index (χ4n) is 1.40. The lowest BCUT2D eigenvalue weighted by molar-refractivity contribution is 0.0939. The molecule has 0 heterocycles. The number of primary amides is 1. The van der Waals surface area contributed by atoms with E-state index in [9.17, 15) is 9.59 Å². The molecule has 3 N–H and O–H groups in total. The Morgan fingerprint density at radius 2 is 1.89 bits per heavy atom. The van der Waals surface area contributed by atoms with Crippen molar-refractivity contribution in [2.45, 2.75) is 6.92 Å². The SMILES string of the molecule is CC=CC=CCNC(=O)c1ccccc1C(N)=O. The minimum absolute atomic E-state index is 0.229. The van der Waals surface area contributed by atoms with Crippen molar-refractivity contribution in [1.82, 2.24) is 5.32 Å². The minimum atomic E-state index is -0.606. The smallest absolute Gasteiger partial charge is 0.252 e. The average molecular weight is 244 g/mol. The van der Waals surface area contributed by atoms with E-state index < -0.39 is 5.91 Å². The summed E-state index contributed by atoms with van der Waals surface area (Å²) >= 11 is 0. The zero-order chi connectivity index (χ0) is 13.4. The molecule has 18 heavy (non-hydrogen) atoms. The number of hydrogen-bond acceptors (Lipinski definition) is 2. The van der Waals surface area contributed by atoms with Gasteiger partial charge in [-0.05, 0) is 19.1 Å². The highest BCUT2D eigenvalue weighted by molar-refractivity contribution is 6.06. The maximum absolute atomic E-state index is 11.8. The third-order valence-corrected chi connectivity index (χ3v) is 2.26. The third-order valence-electron chi connectivity index (χ3n) is 2.26. The van der Waals surface area contributed by atoms with E-state index in [4.69, 9.17) is 5.73 Å². The molecule has 0 saturated carbocycles. The van der Waals surface area contributed by atoms with Gasteiger partial charge in [-0.25, -0.2) is 0 Å². The highest BCUT2D eigenvalue weighted by Crippen LogP contribution is 2.07. The van der Waals surface area contributed by atoms with Gasteiger partial charge in [0.05, 0.1) is 11.1 Å². The Hall–Kier alpha value is -2.36. The van der Waals surface area contributed by atoms with Crippen molar-refractivity contribution in [2.24, 2.45) is 5.73 Å². The first-order valence-corrected chi connectivity index (χ1v) is 5.61. The second-order valence-electron chi connectivity index (χ2n) is 3.57. The van der Waals surface area contributed by atoms with Crippen LogP contribution in [-0.4, -0.2) is 18.4 Å². The Morgan fingerprint density at radius 1 is 1.22 bits per heavy atom. The lowest BCUT2D eigenvalue weighted by atomic mass is 10.1. The van der Waals surface area contributed by atoms with E-state index in [1.165, 1.54) is 6.07 Å². The number of allylic oxidation sites excluding steroid dienone is 3. The lowest BCUT2D eigenvalue weighted by Gasteiger charge is -2.06. The summed E-state index contributed by atoms with van der Waals surface area (Å²) in [6, 6.07) is 6.47. The van der Waals surface area contributed by atoms with Gasteiger partial charge < -0.3 is 11.1 Å². The summed E-state index contributed by atoms with van der Waals surface area (Å²) in [6.45, 7) is 2.31. The van der Waals surface area contributed by atoms with Gasteiger partial charge in [-0.2, -0.15) is 0 Å². The molecule has 0 aromatic heterocycles. The van der Waals surface area contributed by atoms with Crippen LogP contribution in [0.5, 0.6) is 0 Å². The van der Waals surface area contributed by atoms with E-state index in [1.807, 2.05) is 31.2 Å². The van der Waals surface area contributed by atoms with Crippen molar-refractivity contribution < 1.29 is 9.59 Å². The van der Waals surface area contributed by atoms with Crippen molar-refractivity contribution in [2.75, 3.05) is 6.54 Å². The van der Waals surface area contributed by atoms with Crippen LogP contribution in [0.2, 0.25) is 0 Å². The van der Waals surface area contributed by atoms with Crippen LogP contribution in [0.25, 0.3) is 0 Å².